The Bertz CT molecular complexity index is 176. The van der Waals surface area contributed by atoms with Gasteiger partial charge < -0.3 is 15.7 Å². The standard InChI is InChI=1S/C9H18N2O2/c1-2-9(7-11-8(12)13)3-5-10-6-4-9/h10-11H,2-7H2,1H3,(H,12,13). The average Bonchev–Trinajstić information content (AvgIpc) is 2.16. The summed E-state index contributed by atoms with van der Waals surface area (Å²) in [5.41, 5.74) is 0.198. The molecular weight excluding hydrogens is 168 g/mol. The maximum Gasteiger partial charge on any atom is 0.404 e. The molecule has 0 aromatic carbocycles. The number of rotatable bonds is 3. The molecule has 1 saturated heterocycles. The molecule has 0 aliphatic carbocycles. The third-order valence-electron chi connectivity index (χ3n) is 3.03. The van der Waals surface area contributed by atoms with Crippen LogP contribution in [-0.4, -0.2) is 30.8 Å². The summed E-state index contributed by atoms with van der Waals surface area (Å²) >= 11 is 0. The van der Waals surface area contributed by atoms with Crippen molar-refractivity contribution in [2.45, 2.75) is 26.2 Å². The lowest BCUT2D eigenvalue weighted by Gasteiger charge is -2.36. The minimum absolute atomic E-state index is 0.198. The molecule has 1 fully saturated rings. The molecule has 76 valence electrons. The summed E-state index contributed by atoms with van der Waals surface area (Å²) in [7, 11) is 0. The number of amides is 1. The Kier molecular flexibility index (Phi) is 3.54. The number of piperidine rings is 1. The molecule has 1 aliphatic rings. The fraction of sp³-hybridized carbons (Fsp3) is 0.889. The van der Waals surface area contributed by atoms with Crippen LogP contribution < -0.4 is 10.6 Å². The van der Waals surface area contributed by atoms with Gasteiger partial charge >= 0.3 is 6.09 Å². The number of hydrogen-bond acceptors (Lipinski definition) is 2. The van der Waals surface area contributed by atoms with Gasteiger partial charge in [-0.2, -0.15) is 0 Å². The maximum absolute atomic E-state index is 10.4. The molecule has 0 aromatic rings. The first kappa shape index (κ1) is 10.3. The summed E-state index contributed by atoms with van der Waals surface area (Å²) in [6.07, 6.45) is 2.29. The van der Waals surface area contributed by atoms with Gasteiger partial charge in [0.25, 0.3) is 0 Å². The van der Waals surface area contributed by atoms with Crippen LogP contribution in [-0.2, 0) is 0 Å². The second kappa shape index (κ2) is 4.46. The number of nitrogens with one attached hydrogen (secondary N) is 2. The van der Waals surface area contributed by atoms with Crippen molar-refractivity contribution in [2.75, 3.05) is 19.6 Å². The molecule has 0 atom stereocenters. The van der Waals surface area contributed by atoms with Gasteiger partial charge in [-0.05, 0) is 37.8 Å². The van der Waals surface area contributed by atoms with E-state index >= 15 is 0 Å². The second-order valence-electron chi connectivity index (χ2n) is 3.76. The van der Waals surface area contributed by atoms with Crippen LogP contribution in [0.25, 0.3) is 0 Å². The van der Waals surface area contributed by atoms with E-state index in [4.69, 9.17) is 5.11 Å². The van der Waals surface area contributed by atoms with Crippen molar-refractivity contribution in [1.82, 2.24) is 10.6 Å². The van der Waals surface area contributed by atoms with Gasteiger partial charge in [-0.3, -0.25) is 0 Å². The normalized spacial score (nSPS) is 21.0. The zero-order valence-electron chi connectivity index (χ0n) is 8.10. The minimum Gasteiger partial charge on any atom is -0.465 e. The zero-order chi connectivity index (χ0) is 9.73. The second-order valence-corrected chi connectivity index (χ2v) is 3.76. The van der Waals surface area contributed by atoms with Gasteiger partial charge in [-0.15, -0.1) is 0 Å². The van der Waals surface area contributed by atoms with E-state index in [2.05, 4.69) is 17.6 Å². The van der Waals surface area contributed by atoms with E-state index in [1.165, 1.54) is 0 Å². The Morgan fingerprint density at radius 1 is 1.54 bits per heavy atom. The first-order valence-electron chi connectivity index (χ1n) is 4.86. The van der Waals surface area contributed by atoms with Crippen molar-refractivity contribution in [3.8, 4) is 0 Å². The Morgan fingerprint density at radius 2 is 2.15 bits per heavy atom. The Hall–Kier alpha value is -0.770. The van der Waals surface area contributed by atoms with E-state index in [-0.39, 0.29) is 5.41 Å². The van der Waals surface area contributed by atoms with Gasteiger partial charge in [0.05, 0.1) is 0 Å². The first-order chi connectivity index (χ1) is 6.18. The van der Waals surface area contributed by atoms with Crippen LogP contribution >= 0.6 is 0 Å². The van der Waals surface area contributed by atoms with Gasteiger partial charge in [0.15, 0.2) is 0 Å². The first-order valence-corrected chi connectivity index (χ1v) is 4.86. The minimum atomic E-state index is -0.911. The molecule has 1 rings (SSSR count). The lowest BCUT2D eigenvalue weighted by Crippen LogP contribution is -2.44. The molecule has 4 nitrogen and oxygen atoms in total. The summed E-state index contributed by atoms with van der Waals surface area (Å²) in [5.74, 6) is 0. The highest BCUT2D eigenvalue weighted by Crippen LogP contribution is 2.31. The largest absolute Gasteiger partial charge is 0.465 e. The quantitative estimate of drug-likeness (QED) is 0.617. The van der Waals surface area contributed by atoms with E-state index in [0.29, 0.717) is 6.54 Å². The van der Waals surface area contributed by atoms with Crippen molar-refractivity contribution in [1.29, 1.82) is 0 Å². The monoisotopic (exact) mass is 186 g/mol. The zero-order valence-corrected chi connectivity index (χ0v) is 8.10. The van der Waals surface area contributed by atoms with Crippen LogP contribution in [0.3, 0.4) is 0 Å². The topological polar surface area (TPSA) is 61.4 Å². The summed E-state index contributed by atoms with van der Waals surface area (Å²) in [6.45, 7) is 4.75. The van der Waals surface area contributed by atoms with Gasteiger partial charge in [0.1, 0.15) is 0 Å². The smallest absolute Gasteiger partial charge is 0.404 e. The van der Waals surface area contributed by atoms with Crippen molar-refractivity contribution >= 4 is 6.09 Å². The van der Waals surface area contributed by atoms with E-state index in [0.717, 1.165) is 32.4 Å². The van der Waals surface area contributed by atoms with E-state index in [1.807, 2.05) is 0 Å². The fourth-order valence-corrected chi connectivity index (χ4v) is 1.88. The van der Waals surface area contributed by atoms with Crippen molar-refractivity contribution in [3.05, 3.63) is 0 Å². The molecule has 0 saturated carbocycles. The third kappa shape index (κ3) is 2.88. The molecule has 0 bridgehead atoms. The lowest BCUT2D eigenvalue weighted by molar-refractivity contribution is 0.162. The molecule has 4 heteroatoms. The van der Waals surface area contributed by atoms with E-state index in [1.54, 1.807) is 0 Å². The number of carboxylic acid groups (broad SMARTS) is 1. The SMILES string of the molecule is CCC1(CNC(=O)O)CCNCC1. The predicted octanol–water partition coefficient (Wildman–Crippen LogP) is 1.03. The van der Waals surface area contributed by atoms with Gasteiger partial charge in [0.2, 0.25) is 0 Å². The molecule has 0 spiro atoms. The van der Waals surface area contributed by atoms with E-state index < -0.39 is 6.09 Å². The lowest BCUT2D eigenvalue weighted by atomic mass is 9.77. The molecule has 0 unspecified atom stereocenters. The van der Waals surface area contributed by atoms with Crippen LogP contribution in [0.2, 0.25) is 0 Å². The predicted molar refractivity (Wildman–Crippen MR) is 50.9 cm³/mol. The van der Waals surface area contributed by atoms with Crippen LogP contribution in [0.4, 0.5) is 4.79 Å². The molecule has 0 aromatic heterocycles. The highest BCUT2D eigenvalue weighted by atomic mass is 16.4. The maximum atomic E-state index is 10.4. The molecule has 1 amide bonds. The summed E-state index contributed by atoms with van der Waals surface area (Å²) < 4.78 is 0. The summed E-state index contributed by atoms with van der Waals surface area (Å²) in [6, 6.07) is 0. The summed E-state index contributed by atoms with van der Waals surface area (Å²) in [5, 5.41) is 14.3. The van der Waals surface area contributed by atoms with Crippen LogP contribution in [0, 0.1) is 5.41 Å². The number of hydrogen-bond donors (Lipinski definition) is 3. The van der Waals surface area contributed by atoms with Crippen molar-refractivity contribution < 1.29 is 9.90 Å². The highest BCUT2D eigenvalue weighted by molar-refractivity contribution is 5.64. The molecule has 3 N–H and O–H groups in total. The van der Waals surface area contributed by atoms with Crippen LogP contribution in [0.5, 0.6) is 0 Å². The Morgan fingerprint density at radius 3 is 2.62 bits per heavy atom. The molecule has 13 heavy (non-hydrogen) atoms. The fourth-order valence-electron chi connectivity index (χ4n) is 1.88. The molecule has 0 radical (unpaired) electrons. The van der Waals surface area contributed by atoms with Gasteiger partial charge in [0, 0.05) is 6.54 Å². The molecular formula is C9H18N2O2. The Balaban J connectivity index is 2.42. The van der Waals surface area contributed by atoms with Gasteiger partial charge in [-0.25, -0.2) is 4.79 Å². The Labute approximate surface area is 78.7 Å². The average molecular weight is 186 g/mol. The van der Waals surface area contributed by atoms with Crippen LogP contribution in [0.1, 0.15) is 26.2 Å². The van der Waals surface area contributed by atoms with E-state index in [9.17, 15) is 4.79 Å². The highest BCUT2D eigenvalue weighted by Gasteiger charge is 2.30. The summed E-state index contributed by atoms with van der Waals surface area (Å²) in [4.78, 5) is 10.4. The number of carbonyl (C=O) groups is 1. The molecule has 1 heterocycles. The van der Waals surface area contributed by atoms with Crippen molar-refractivity contribution in [3.63, 3.8) is 0 Å². The van der Waals surface area contributed by atoms with Crippen LogP contribution in [0.15, 0.2) is 0 Å². The molecule has 1 aliphatic heterocycles. The van der Waals surface area contributed by atoms with Gasteiger partial charge in [-0.1, -0.05) is 6.92 Å². The third-order valence-corrected chi connectivity index (χ3v) is 3.03. The van der Waals surface area contributed by atoms with Crippen molar-refractivity contribution in [2.24, 2.45) is 5.41 Å².